The summed E-state index contributed by atoms with van der Waals surface area (Å²) in [5, 5.41) is 6.90. The Bertz CT molecular complexity index is 587. The SMILES string of the molecule is Cc1csc(C(C)NCc2ccccc2N2CCCC2)n1. The molecule has 1 atom stereocenters. The first kappa shape index (κ1) is 14.5. The van der Waals surface area contributed by atoms with Gasteiger partial charge in [-0.15, -0.1) is 11.3 Å². The van der Waals surface area contributed by atoms with Crippen LogP contribution in [-0.4, -0.2) is 18.1 Å². The molecule has 1 N–H and O–H groups in total. The Kier molecular flexibility index (Phi) is 4.56. The minimum Gasteiger partial charge on any atom is -0.371 e. The average molecular weight is 301 g/mol. The molecule has 21 heavy (non-hydrogen) atoms. The number of nitrogens with zero attached hydrogens (tertiary/aromatic N) is 2. The van der Waals surface area contributed by atoms with Crippen LogP contribution in [0.3, 0.4) is 0 Å². The maximum atomic E-state index is 4.57. The minimum atomic E-state index is 0.301. The molecule has 0 aliphatic carbocycles. The van der Waals surface area contributed by atoms with Gasteiger partial charge in [-0.05, 0) is 38.3 Å². The fraction of sp³-hybridized carbons (Fsp3) is 0.471. The highest BCUT2D eigenvalue weighted by atomic mass is 32.1. The van der Waals surface area contributed by atoms with Crippen molar-refractivity contribution in [2.75, 3.05) is 18.0 Å². The van der Waals surface area contributed by atoms with Gasteiger partial charge in [-0.1, -0.05) is 18.2 Å². The highest BCUT2D eigenvalue weighted by molar-refractivity contribution is 7.09. The third kappa shape index (κ3) is 3.44. The second-order valence-corrected chi connectivity index (χ2v) is 6.64. The molecular weight excluding hydrogens is 278 g/mol. The fourth-order valence-electron chi connectivity index (χ4n) is 2.85. The van der Waals surface area contributed by atoms with E-state index in [-0.39, 0.29) is 0 Å². The molecule has 112 valence electrons. The zero-order valence-electron chi connectivity index (χ0n) is 12.8. The van der Waals surface area contributed by atoms with Crippen molar-refractivity contribution in [2.24, 2.45) is 0 Å². The number of thiazole rings is 1. The van der Waals surface area contributed by atoms with Crippen LogP contribution in [0.5, 0.6) is 0 Å². The van der Waals surface area contributed by atoms with Crippen molar-refractivity contribution < 1.29 is 0 Å². The largest absolute Gasteiger partial charge is 0.371 e. The molecule has 1 aliphatic heterocycles. The number of aryl methyl sites for hydroxylation is 1. The van der Waals surface area contributed by atoms with Crippen molar-refractivity contribution in [3.63, 3.8) is 0 Å². The summed E-state index contributed by atoms with van der Waals surface area (Å²) >= 11 is 1.74. The topological polar surface area (TPSA) is 28.2 Å². The van der Waals surface area contributed by atoms with Crippen molar-refractivity contribution in [3.05, 3.63) is 45.9 Å². The van der Waals surface area contributed by atoms with Crippen LogP contribution in [0.1, 0.15) is 42.1 Å². The zero-order valence-corrected chi connectivity index (χ0v) is 13.6. The van der Waals surface area contributed by atoms with Crippen LogP contribution >= 0.6 is 11.3 Å². The van der Waals surface area contributed by atoms with Crippen molar-refractivity contribution in [2.45, 2.75) is 39.3 Å². The molecule has 1 fully saturated rings. The first-order valence-corrected chi connectivity index (χ1v) is 8.60. The second kappa shape index (κ2) is 6.58. The quantitative estimate of drug-likeness (QED) is 0.908. The van der Waals surface area contributed by atoms with Gasteiger partial charge in [0.25, 0.3) is 0 Å². The number of rotatable bonds is 5. The molecule has 1 unspecified atom stereocenters. The third-order valence-electron chi connectivity index (χ3n) is 4.04. The summed E-state index contributed by atoms with van der Waals surface area (Å²) in [7, 11) is 0. The van der Waals surface area contributed by atoms with Crippen LogP contribution in [0.15, 0.2) is 29.6 Å². The first-order chi connectivity index (χ1) is 10.2. The molecule has 1 aromatic carbocycles. The van der Waals surface area contributed by atoms with E-state index in [9.17, 15) is 0 Å². The lowest BCUT2D eigenvalue weighted by molar-refractivity contribution is 0.570. The molecule has 0 bridgehead atoms. The Morgan fingerprint density at radius 1 is 1.29 bits per heavy atom. The molecule has 3 nitrogen and oxygen atoms in total. The average Bonchev–Trinajstić information content (AvgIpc) is 3.16. The maximum Gasteiger partial charge on any atom is 0.110 e. The summed E-state index contributed by atoms with van der Waals surface area (Å²) in [5.74, 6) is 0. The minimum absolute atomic E-state index is 0.301. The van der Waals surface area contributed by atoms with Gasteiger partial charge < -0.3 is 10.2 Å². The van der Waals surface area contributed by atoms with Crippen LogP contribution < -0.4 is 10.2 Å². The molecule has 1 saturated heterocycles. The van der Waals surface area contributed by atoms with E-state index in [1.165, 1.54) is 42.2 Å². The second-order valence-electron chi connectivity index (χ2n) is 5.75. The molecule has 0 saturated carbocycles. The molecule has 3 rings (SSSR count). The van der Waals surface area contributed by atoms with E-state index in [1.54, 1.807) is 11.3 Å². The van der Waals surface area contributed by atoms with Gasteiger partial charge in [-0.3, -0.25) is 0 Å². The Labute approximate surface area is 131 Å². The standard InChI is InChI=1S/C17H23N3S/c1-13-12-21-17(19-13)14(2)18-11-15-7-3-4-8-16(15)20-9-5-6-10-20/h3-4,7-8,12,14,18H,5-6,9-11H2,1-2H3. The highest BCUT2D eigenvalue weighted by Crippen LogP contribution is 2.25. The lowest BCUT2D eigenvalue weighted by Gasteiger charge is -2.22. The summed E-state index contributed by atoms with van der Waals surface area (Å²) in [6.07, 6.45) is 2.63. The predicted molar refractivity (Wildman–Crippen MR) is 90.0 cm³/mol. The lowest BCUT2D eigenvalue weighted by atomic mass is 10.1. The van der Waals surface area contributed by atoms with Crippen LogP contribution in [0.4, 0.5) is 5.69 Å². The molecule has 1 aliphatic rings. The Morgan fingerprint density at radius 3 is 2.76 bits per heavy atom. The predicted octanol–water partition coefficient (Wildman–Crippen LogP) is 3.90. The summed E-state index contributed by atoms with van der Waals surface area (Å²) in [6.45, 7) is 7.52. The zero-order chi connectivity index (χ0) is 14.7. The summed E-state index contributed by atoms with van der Waals surface area (Å²) in [6, 6.07) is 9.07. The number of para-hydroxylation sites is 1. The molecule has 1 aromatic heterocycles. The summed E-state index contributed by atoms with van der Waals surface area (Å²) < 4.78 is 0. The summed E-state index contributed by atoms with van der Waals surface area (Å²) in [5.41, 5.74) is 3.89. The van der Waals surface area contributed by atoms with Gasteiger partial charge in [-0.25, -0.2) is 4.98 Å². The smallest absolute Gasteiger partial charge is 0.110 e. The molecule has 0 radical (unpaired) electrons. The molecule has 0 amide bonds. The number of hydrogen-bond donors (Lipinski definition) is 1. The number of aromatic nitrogens is 1. The van der Waals surface area contributed by atoms with Crippen molar-refractivity contribution >= 4 is 17.0 Å². The van der Waals surface area contributed by atoms with Gasteiger partial charge in [0, 0.05) is 36.4 Å². The van der Waals surface area contributed by atoms with Crippen LogP contribution in [0, 0.1) is 6.92 Å². The van der Waals surface area contributed by atoms with Crippen molar-refractivity contribution in [1.29, 1.82) is 0 Å². The Morgan fingerprint density at radius 2 is 2.05 bits per heavy atom. The van der Waals surface area contributed by atoms with Gasteiger partial charge in [0.2, 0.25) is 0 Å². The highest BCUT2D eigenvalue weighted by Gasteiger charge is 2.16. The monoisotopic (exact) mass is 301 g/mol. The van der Waals surface area contributed by atoms with Gasteiger partial charge in [0.05, 0.1) is 6.04 Å². The Hall–Kier alpha value is -1.39. The van der Waals surface area contributed by atoms with Crippen LogP contribution in [-0.2, 0) is 6.54 Å². The van der Waals surface area contributed by atoms with E-state index in [1.807, 2.05) is 0 Å². The molecule has 2 aromatic rings. The van der Waals surface area contributed by atoms with Gasteiger partial charge in [-0.2, -0.15) is 0 Å². The third-order valence-corrected chi connectivity index (χ3v) is 5.19. The normalized spacial score (nSPS) is 16.4. The first-order valence-electron chi connectivity index (χ1n) is 7.72. The Balaban J connectivity index is 1.67. The number of anilines is 1. The molecule has 0 spiro atoms. The van der Waals surface area contributed by atoms with E-state index < -0.39 is 0 Å². The molecule has 4 heteroatoms. The fourth-order valence-corrected chi connectivity index (χ4v) is 3.68. The number of hydrogen-bond acceptors (Lipinski definition) is 4. The van der Waals surface area contributed by atoms with E-state index in [0.717, 1.165) is 12.2 Å². The number of nitrogens with one attached hydrogen (secondary N) is 1. The van der Waals surface area contributed by atoms with Gasteiger partial charge in [0.15, 0.2) is 0 Å². The van der Waals surface area contributed by atoms with E-state index in [0.29, 0.717) is 6.04 Å². The van der Waals surface area contributed by atoms with Gasteiger partial charge >= 0.3 is 0 Å². The van der Waals surface area contributed by atoms with Crippen molar-refractivity contribution in [3.8, 4) is 0 Å². The maximum absolute atomic E-state index is 4.57. The summed E-state index contributed by atoms with van der Waals surface area (Å²) in [4.78, 5) is 7.08. The van der Waals surface area contributed by atoms with E-state index in [2.05, 4.69) is 58.7 Å². The van der Waals surface area contributed by atoms with E-state index >= 15 is 0 Å². The van der Waals surface area contributed by atoms with Gasteiger partial charge in [0.1, 0.15) is 5.01 Å². The van der Waals surface area contributed by atoms with Crippen LogP contribution in [0.2, 0.25) is 0 Å². The van der Waals surface area contributed by atoms with Crippen LogP contribution in [0.25, 0.3) is 0 Å². The molecule has 2 heterocycles. The van der Waals surface area contributed by atoms with E-state index in [4.69, 9.17) is 0 Å². The van der Waals surface area contributed by atoms with Crippen molar-refractivity contribution in [1.82, 2.24) is 10.3 Å². The number of benzene rings is 1. The molecular formula is C17H23N3S. The lowest BCUT2D eigenvalue weighted by Crippen LogP contribution is -2.23.